The van der Waals surface area contributed by atoms with Crippen LogP contribution in [0.2, 0.25) is 0 Å². The molecule has 2 heterocycles. The summed E-state index contributed by atoms with van der Waals surface area (Å²) in [4.78, 5) is 30.7. The van der Waals surface area contributed by atoms with Crippen molar-refractivity contribution in [3.8, 4) is 0 Å². The number of para-hydroxylation sites is 1. The van der Waals surface area contributed by atoms with Crippen molar-refractivity contribution in [3.63, 3.8) is 0 Å². The molecule has 0 N–H and O–H groups in total. The maximum atomic E-state index is 13.7. The number of anilines is 1. The maximum Gasteiger partial charge on any atom is 0.279 e. The van der Waals surface area contributed by atoms with Crippen LogP contribution >= 0.6 is 11.3 Å². The third kappa shape index (κ3) is 3.73. The van der Waals surface area contributed by atoms with Gasteiger partial charge in [0.05, 0.1) is 11.9 Å². The summed E-state index contributed by atoms with van der Waals surface area (Å²) in [6, 6.07) is 18.6. The van der Waals surface area contributed by atoms with Crippen molar-refractivity contribution in [2.24, 2.45) is 0 Å². The number of carbonyl (C=O) groups excluding carboxylic acids is 1. The summed E-state index contributed by atoms with van der Waals surface area (Å²) in [5.41, 5.74) is 2.68. The van der Waals surface area contributed by atoms with Crippen LogP contribution in [0.5, 0.6) is 0 Å². The van der Waals surface area contributed by atoms with Crippen molar-refractivity contribution < 1.29 is 4.79 Å². The SMILES string of the molecule is CC(C(=O)N(Cc1ccccc1)c1ccccc1)n1nnc2sc3c(c2c1=O)CCCC3. The van der Waals surface area contributed by atoms with E-state index in [-0.39, 0.29) is 11.5 Å². The second-order valence-electron chi connectivity index (χ2n) is 8.15. The van der Waals surface area contributed by atoms with Crippen LogP contribution in [0.4, 0.5) is 5.69 Å². The third-order valence-electron chi connectivity index (χ3n) is 6.05. The number of fused-ring (bicyclic) bond motifs is 3. The van der Waals surface area contributed by atoms with Gasteiger partial charge in [0.25, 0.3) is 11.5 Å². The van der Waals surface area contributed by atoms with Gasteiger partial charge >= 0.3 is 0 Å². The van der Waals surface area contributed by atoms with E-state index in [9.17, 15) is 9.59 Å². The largest absolute Gasteiger partial charge is 0.306 e. The summed E-state index contributed by atoms with van der Waals surface area (Å²) in [7, 11) is 0. The molecular formula is C25H24N4O2S. The first kappa shape index (κ1) is 20.6. The van der Waals surface area contributed by atoms with E-state index in [4.69, 9.17) is 0 Å². The summed E-state index contributed by atoms with van der Waals surface area (Å²) in [6.45, 7) is 2.14. The highest BCUT2D eigenvalue weighted by Gasteiger charge is 2.28. The number of benzene rings is 2. The van der Waals surface area contributed by atoms with Crippen molar-refractivity contribution in [3.05, 3.63) is 87.0 Å². The number of aryl methyl sites for hydroxylation is 2. The fourth-order valence-corrected chi connectivity index (χ4v) is 5.54. The first-order valence-electron chi connectivity index (χ1n) is 10.9. The second-order valence-corrected chi connectivity index (χ2v) is 9.24. The molecular weight excluding hydrogens is 420 g/mol. The zero-order chi connectivity index (χ0) is 22.1. The van der Waals surface area contributed by atoms with E-state index in [1.165, 1.54) is 9.56 Å². The lowest BCUT2D eigenvalue weighted by Gasteiger charge is -2.26. The summed E-state index contributed by atoms with van der Waals surface area (Å²) < 4.78 is 1.26. The average Bonchev–Trinajstić information content (AvgIpc) is 3.22. The lowest BCUT2D eigenvalue weighted by Crippen LogP contribution is -2.40. The van der Waals surface area contributed by atoms with Crippen LogP contribution in [0.15, 0.2) is 65.5 Å². The monoisotopic (exact) mass is 444 g/mol. The first-order valence-corrected chi connectivity index (χ1v) is 11.7. The fraction of sp³-hybridized carbons (Fsp3) is 0.280. The van der Waals surface area contributed by atoms with Gasteiger partial charge in [-0.25, -0.2) is 0 Å². The molecule has 0 saturated carbocycles. The number of rotatable bonds is 5. The summed E-state index contributed by atoms with van der Waals surface area (Å²) in [5.74, 6) is -0.195. The molecule has 7 heteroatoms. The van der Waals surface area contributed by atoms with Crippen LogP contribution in [0.25, 0.3) is 10.2 Å². The number of aromatic nitrogens is 3. The van der Waals surface area contributed by atoms with Crippen LogP contribution < -0.4 is 10.5 Å². The molecule has 0 spiro atoms. The van der Waals surface area contributed by atoms with Crippen molar-refractivity contribution in [1.29, 1.82) is 0 Å². The Kier molecular flexibility index (Phi) is 5.57. The van der Waals surface area contributed by atoms with E-state index < -0.39 is 6.04 Å². The molecule has 162 valence electrons. The molecule has 0 saturated heterocycles. The van der Waals surface area contributed by atoms with Crippen LogP contribution in [0.1, 0.15) is 41.8 Å². The lowest BCUT2D eigenvalue weighted by molar-refractivity contribution is -0.121. The molecule has 1 amide bonds. The fourth-order valence-electron chi connectivity index (χ4n) is 4.34. The quantitative estimate of drug-likeness (QED) is 0.454. The van der Waals surface area contributed by atoms with Crippen molar-refractivity contribution >= 4 is 33.1 Å². The predicted molar refractivity (Wildman–Crippen MR) is 127 cm³/mol. The molecule has 0 bridgehead atoms. The van der Waals surface area contributed by atoms with Crippen LogP contribution in [0, 0.1) is 0 Å². The van der Waals surface area contributed by atoms with Gasteiger partial charge in [-0.1, -0.05) is 53.7 Å². The van der Waals surface area contributed by atoms with Gasteiger partial charge in [0.1, 0.15) is 6.04 Å². The molecule has 6 nitrogen and oxygen atoms in total. The Hall–Kier alpha value is -3.32. The molecule has 0 aliphatic heterocycles. The Morgan fingerprint density at radius 2 is 1.75 bits per heavy atom. The molecule has 4 aromatic rings. The molecule has 1 aliphatic carbocycles. The van der Waals surface area contributed by atoms with Gasteiger partial charge in [0.15, 0.2) is 4.83 Å². The third-order valence-corrected chi connectivity index (χ3v) is 7.22. The smallest absolute Gasteiger partial charge is 0.279 e. The average molecular weight is 445 g/mol. The number of thiophene rings is 1. The molecule has 32 heavy (non-hydrogen) atoms. The number of amides is 1. The van der Waals surface area contributed by atoms with Gasteiger partial charge in [0.2, 0.25) is 0 Å². The van der Waals surface area contributed by atoms with Gasteiger partial charge in [-0.2, -0.15) is 4.68 Å². The Balaban J connectivity index is 1.53. The summed E-state index contributed by atoms with van der Waals surface area (Å²) in [5, 5.41) is 9.15. The standard InChI is InChI=1S/C25H24N4O2S/c1-17(29-25(31)22-20-14-8-9-15-21(20)32-23(22)26-27-29)24(30)28(19-12-6-3-7-13-19)16-18-10-4-2-5-11-18/h2-7,10-13,17H,8-9,14-16H2,1H3. The Labute approximate surface area is 190 Å². The molecule has 0 radical (unpaired) electrons. The minimum atomic E-state index is -0.776. The molecule has 2 aromatic carbocycles. The number of hydrogen-bond donors (Lipinski definition) is 0. The van der Waals surface area contributed by atoms with E-state index in [1.54, 1.807) is 23.2 Å². The molecule has 5 rings (SSSR count). The minimum absolute atomic E-state index is 0.195. The maximum absolute atomic E-state index is 13.7. The van der Waals surface area contributed by atoms with Crippen molar-refractivity contribution in [2.75, 3.05) is 4.90 Å². The molecule has 2 aromatic heterocycles. The lowest BCUT2D eigenvalue weighted by atomic mass is 9.97. The Bertz CT molecular complexity index is 1310. The first-order chi connectivity index (χ1) is 15.6. The Morgan fingerprint density at radius 3 is 2.50 bits per heavy atom. The normalized spacial score (nSPS) is 14.2. The summed E-state index contributed by atoms with van der Waals surface area (Å²) in [6.07, 6.45) is 4.10. The predicted octanol–water partition coefficient (Wildman–Crippen LogP) is 4.53. The second kappa shape index (κ2) is 8.67. The number of carbonyl (C=O) groups is 1. The van der Waals surface area contributed by atoms with E-state index in [2.05, 4.69) is 10.3 Å². The topological polar surface area (TPSA) is 68.1 Å². The van der Waals surface area contributed by atoms with Crippen LogP contribution in [0.3, 0.4) is 0 Å². The van der Waals surface area contributed by atoms with Gasteiger partial charge in [-0.15, -0.1) is 16.4 Å². The van der Waals surface area contributed by atoms with Crippen molar-refractivity contribution in [1.82, 2.24) is 15.0 Å². The summed E-state index contributed by atoms with van der Waals surface area (Å²) >= 11 is 1.57. The van der Waals surface area contributed by atoms with Gasteiger partial charge < -0.3 is 4.90 Å². The number of hydrogen-bond acceptors (Lipinski definition) is 5. The van der Waals surface area contributed by atoms with E-state index in [0.717, 1.165) is 42.5 Å². The Morgan fingerprint density at radius 1 is 1.06 bits per heavy atom. The van der Waals surface area contributed by atoms with E-state index in [1.807, 2.05) is 60.7 Å². The van der Waals surface area contributed by atoms with Crippen LogP contribution in [-0.2, 0) is 24.2 Å². The number of nitrogens with zero attached hydrogens (tertiary/aromatic N) is 4. The zero-order valence-electron chi connectivity index (χ0n) is 17.9. The van der Waals surface area contributed by atoms with E-state index in [0.29, 0.717) is 16.8 Å². The molecule has 1 unspecified atom stereocenters. The molecule has 1 atom stereocenters. The minimum Gasteiger partial charge on any atom is -0.306 e. The van der Waals surface area contributed by atoms with Gasteiger partial charge in [-0.05, 0) is 55.9 Å². The molecule has 0 fully saturated rings. The highest BCUT2D eigenvalue weighted by atomic mass is 32.1. The van der Waals surface area contributed by atoms with Crippen molar-refractivity contribution in [2.45, 2.75) is 45.2 Å². The highest BCUT2D eigenvalue weighted by Crippen LogP contribution is 2.33. The highest BCUT2D eigenvalue weighted by molar-refractivity contribution is 7.18. The van der Waals surface area contributed by atoms with Crippen LogP contribution in [-0.4, -0.2) is 20.9 Å². The van der Waals surface area contributed by atoms with Gasteiger partial charge in [-0.3, -0.25) is 9.59 Å². The molecule has 1 aliphatic rings. The van der Waals surface area contributed by atoms with Gasteiger partial charge in [0, 0.05) is 10.6 Å². The van der Waals surface area contributed by atoms with E-state index >= 15 is 0 Å². The zero-order valence-corrected chi connectivity index (χ0v) is 18.7.